The molecule has 1 saturated carbocycles. The predicted octanol–water partition coefficient (Wildman–Crippen LogP) is 5.69. The number of aromatic nitrogens is 3. The molecule has 3 aromatic rings. The number of hydrogen-bond acceptors (Lipinski definition) is 7. The first-order valence-corrected chi connectivity index (χ1v) is 12.6. The van der Waals surface area contributed by atoms with E-state index in [9.17, 15) is 9.59 Å². The van der Waals surface area contributed by atoms with Gasteiger partial charge in [-0.25, -0.2) is 14.8 Å². The first kappa shape index (κ1) is 26.3. The summed E-state index contributed by atoms with van der Waals surface area (Å²) >= 11 is 6.32. The van der Waals surface area contributed by atoms with Gasteiger partial charge in [0.2, 0.25) is 5.95 Å². The lowest BCUT2D eigenvalue weighted by atomic mass is 9.91. The van der Waals surface area contributed by atoms with Crippen LogP contribution in [0.5, 0.6) is 0 Å². The van der Waals surface area contributed by atoms with Crippen LogP contribution in [0.4, 0.5) is 16.4 Å². The topological polar surface area (TPSA) is 118 Å². The Morgan fingerprint density at radius 3 is 2.51 bits per heavy atom. The summed E-state index contributed by atoms with van der Waals surface area (Å²) in [5.74, 6) is 0.337. The molecule has 1 aliphatic rings. The molecule has 0 saturated heterocycles. The number of nitrogens with zero attached hydrogens (tertiary/aromatic N) is 3. The van der Waals surface area contributed by atoms with Gasteiger partial charge in [0.1, 0.15) is 5.60 Å². The van der Waals surface area contributed by atoms with E-state index in [4.69, 9.17) is 16.3 Å². The van der Waals surface area contributed by atoms with Gasteiger partial charge in [0.05, 0.1) is 16.9 Å². The molecule has 2 aromatic heterocycles. The number of carbonyl (C=O) groups excluding carboxylic acids is 2. The van der Waals surface area contributed by atoms with Crippen LogP contribution >= 0.6 is 11.6 Å². The van der Waals surface area contributed by atoms with Gasteiger partial charge in [0.25, 0.3) is 5.91 Å². The second-order valence-corrected chi connectivity index (χ2v) is 10.4. The molecule has 0 bridgehead atoms. The fraction of sp³-hybridized carbons (Fsp3) is 0.370. The monoisotopic (exact) mass is 522 g/mol. The molecule has 0 aliphatic heterocycles. The number of hydrogen-bond donors (Lipinski definition) is 3. The highest BCUT2D eigenvalue weighted by molar-refractivity contribution is 6.32. The standard InChI is InChI=1S/C27H31ClN6O3/c1-27(2,3)37-26(36)33-19-11-9-17(10-12-19)24(35)31-20-7-4-8-21(14-20)32-25-30-16-22(28)23(34-25)18-6-5-13-29-15-18/h5-6,9-13,15-16,20-21H,4,7-8,14H2,1-3H3,(H,31,35)(H,33,36)(H,30,32,34)/t20?,21-/m1/s1. The van der Waals surface area contributed by atoms with Crippen molar-refractivity contribution in [1.29, 1.82) is 0 Å². The van der Waals surface area contributed by atoms with Crippen molar-refractivity contribution in [1.82, 2.24) is 20.3 Å². The summed E-state index contributed by atoms with van der Waals surface area (Å²) in [4.78, 5) is 37.9. The third kappa shape index (κ3) is 7.63. The number of benzene rings is 1. The Hall–Kier alpha value is -3.72. The smallest absolute Gasteiger partial charge is 0.412 e. The van der Waals surface area contributed by atoms with Gasteiger partial charge in [0, 0.05) is 41.3 Å². The fourth-order valence-electron chi connectivity index (χ4n) is 4.17. The molecule has 1 aliphatic carbocycles. The molecule has 0 spiro atoms. The molecule has 1 aromatic carbocycles. The van der Waals surface area contributed by atoms with E-state index < -0.39 is 11.7 Å². The van der Waals surface area contributed by atoms with Crippen molar-refractivity contribution in [2.24, 2.45) is 0 Å². The van der Waals surface area contributed by atoms with Gasteiger partial charge in [-0.05, 0) is 82.9 Å². The van der Waals surface area contributed by atoms with Crippen LogP contribution in [-0.2, 0) is 4.74 Å². The van der Waals surface area contributed by atoms with Crippen molar-refractivity contribution in [2.45, 2.75) is 64.1 Å². The number of carbonyl (C=O) groups is 2. The van der Waals surface area contributed by atoms with Crippen LogP contribution in [0.15, 0.2) is 55.0 Å². The lowest BCUT2D eigenvalue weighted by Gasteiger charge is -2.30. The quantitative estimate of drug-likeness (QED) is 0.380. The normalized spacial score (nSPS) is 17.5. The number of rotatable bonds is 6. The minimum atomic E-state index is -0.585. The third-order valence-corrected chi connectivity index (χ3v) is 6.09. The van der Waals surface area contributed by atoms with Crippen LogP contribution < -0.4 is 16.0 Å². The van der Waals surface area contributed by atoms with Gasteiger partial charge in [0.15, 0.2) is 0 Å². The molecule has 3 N–H and O–H groups in total. The van der Waals surface area contributed by atoms with E-state index in [1.54, 1.807) is 63.6 Å². The van der Waals surface area contributed by atoms with Gasteiger partial charge >= 0.3 is 6.09 Å². The minimum Gasteiger partial charge on any atom is -0.444 e. The third-order valence-electron chi connectivity index (χ3n) is 5.81. The Kier molecular flexibility index (Phi) is 8.23. The summed E-state index contributed by atoms with van der Waals surface area (Å²) in [5.41, 5.74) is 1.93. The Morgan fingerprint density at radius 1 is 1.05 bits per heavy atom. The molecule has 4 rings (SSSR count). The maximum atomic E-state index is 12.8. The zero-order chi connectivity index (χ0) is 26.4. The molecule has 2 atom stereocenters. The highest BCUT2D eigenvalue weighted by Crippen LogP contribution is 2.27. The summed E-state index contributed by atoms with van der Waals surface area (Å²) in [6, 6.07) is 10.6. The first-order chi connectivity index (χ1) is 17.7. The van der Waals surface area contributed by atoms with Crippen molar-refractivity contribution in [3.05, 3.63) is 65.6 Å². The van der Waals surface area contributed by atoms with Crippen molar-refractivity contribution < 1.29 is 14.3 Å². The number of anilines is 2. The van der Waals surface area contributed by atoms with Crippen LogP contribution in [0.1, 0.15) is 56.8 Å². The van der Waals surface area contributed by atoms with Gasteiger partial charge in [-0.2, -0.15) is 0 Å². The number of amides is 2. The maximum absolute atomic E-state index is 12.8. The second kappa shape index (κ2) is 11.6. The van der Waals surface area contributed by atoms with Crippen molar-refractivity contribution in [3.63, 3.8) is 0 Å². The SMILES string of the molecule is CC(C)(C)OC(=O)Nc1ccc(C(=O)NC2CCC[C@@H](Nc3ncc(Cl)c(-c4cccnc4)n3)C2)cc1. The largest absolute Gasteiger partial charge is 0.444 e. The Labute approximate surface area is 221 Å². The van der Waals surface area contributed by atoms with E-state index in [-0.39, 0.29) is 18.0 Å². The Bertz CT molecular complexity index is 1230. The molecule has 2 amide bonds. The van der Waals surface area contributed by atoms with Crippen LogP contribution in [0.25, 0.3) is 11.3 Å². The van der Waals surface area contributed by atoms with E-state index in [0.29, 0.717) is 27.9 Å². The van der Waals surface area contributed by atoms with E-state index in [1.807, 2.05) is 12.1 Å². The van der Waals surface area contributed by atoms with E-state index in [1.165, 1.54) is 0 Å². The van der Waals surface area contributed by atoms with Crippen molar-refractivity contribution in [3.8, 4) is 11.3 Å². The molecule has 1 fully saturated rings. The summed E-state index contributed by atoms with van der Waals surface area (Å²) in [5, 5.41) is 9.65. The second-order valence-electron chi connectivity index (χ2n) is 10.0. The molecule has 10 heteroatoms. The summed E-state index contributed by atoms with van der Waals surface area (Å²) < 4.78 is 5.25. The minimum absolute atomic E-state index is 0.0170. The van der Waals surface area contributed by atoms with Gasteiger partial charge in [-0.3, -0.25) is 15.1 Å². The van der Waals surface area contributed by atoms with Gasteiger partial charge in [-0.15, -0.1) is 0 Å². The molecular weight excluding hydrogens is 492 g/mol. The van der Waals surface area contributed by atoms with Crippen LogP contribution in [0.3, 0.4) is 0 Å². The fourth-order valence-corrected chi connectivity index (χ4v) is 4.37. The molecule has 9 nitrogen and oxygen atoms in total. The number of nitrogens with one attached hydrogen (secondary N) is 3. The Morgan fingerprint density at radius 2 is 1.81 bits per heavy atom. The number of ether oxygens (including phenoxy) is 1. The summed E-state index contributed by atoms with van der Waals surface area (Å²) in [7, 11) is 0. The highest BCUT2D eigenvalue weighted by atomic mass is 35.5. The van der Waals surface area contributed by atoms with Gasteiger partial charge < -0.3 is 15.4 Å². The summed E-state index contributed by atoms with van der Waals surface area (Å²) in [6.45, 7) is 5.40. The average molecular weight is 523 g/mol. The van der Waals surface area contributed by atoms with Gasteiger partial charge in [-0.1, -0.05) is 11.6 Å². The maximum Gasteiger partial charge on any atom is 0.412 e. The highest BCUT2D eigenvalue weighted by Gasteiger charge is 2.25. The number of halogens is 1. The van der Waals surface area contributed by atoms with Crippen LogP contribution in [0, 0.1) is 0 Å². The predicted molar refractivity (Wildman–Crippen MR) is 144 cm³/mol. The lowest BCUT2D eigenvalue weighted by Crippen LogP contribution is -2.42. The zero-order valence-corrected chi connectivity index (χ0v) is 21.9. The zero-order valence-electron chi connectivity index (χ0n) is 21.1. The number of pyridine rings is 1. The molecule has 1 unspecified atom stereocenters. The van der Waals surface area contributed by atoms with Crippen LogP contribution in [-0.4, -0.2) is 44.6 Å². The molecular formula is C27H31ClN6O3. The van der Waals surface area contributed by atoms with Crippen LogP contribution in [0.2, 0.25) is 5.02 Å². The molecule has 194 valence electrons. The molecule has 37 heavy (non-hydrogen) atoms. The van der Waals surface area contributed by atoms with E-state index in [0.717, 1.165) is 31.2 Å². The Balaban J connectivity index is 1.32. The average Bonchev–Trinajstić information content (AvgIpc) is 2.85. The first-order valence-electron chi connectivity index (χ1n) is 12.3. The summed E-state index contributed by atoms with van der Waals surface area (Å²) in [6.07, 6.45) is 8.01. The van der Waals surface area contributed by atoms with Crippen molar-refractivity contribution >= 4 is 35.2 Å². The van der Waals surface area contributed by atoms with Crippen molar-refractivity contribution in [2.75, 3.05) is 10.6 Å². The molecule has 0 radical (unpaired) electrons. The lowest BCUT2D eigenvalue weighted by molar-refractivity contribution is 0.0635. The van der Waals surface area contributed by atoms with E-state index in [2.05, 4.69) is 30.9 Å². The molecule has 2 heterocycles. The van der Waals surface area contributed by atoms with E-state index >= 15 is 0 Å².